The molecule has 6 nitrogen and oxygen atoms in total. The zero-order valence-corrected chi connectivity index (χ0v) is 9.41. The van der Waals surface area contributed by atoms with E-state index in [1.165, 1.54) is 12.1 Å². The van der Waals surface area contributed by atoms with E-state index in [0.29, 0.717) is 12.2 Å². The summed E-state index contributed by atoms with van der Waals surface area (Å²) in [5.74, 6) is 0. The lowest BCUT2D eigenvalue weighted by molar-refractivity contribution is -0.385. The Bertz CT molecular complexity index is 424. The standard InChI is InChI=1S/C11H14N2O4/c1-7-10(12)6-16-11(17-7)8-3-2-4-9(5-8)13(14)15/h2-5,7,10-11H,6,12H2,1H3/t7-,10+,11-/m0/s1. The second kappa shape index (κ2) is 4.79. The molecule has 0 aliphatic carbocycles. The van der Waals surface area contributed by atoms with Crippen molar-refractivity contribution in [2.24, 2.45) is 5.73 Å². The number of rotatable bonds is 2. The van der Waals surface area contributed by atoms with Crippen molar-refractivity contribution < 1.29 is 14.4 Å². The fourth-order valence-electron chi connectivity index (χ4n) is 1.63. The third-order valence-corrected chi connectivity index (χ3v) is 2.73. The third kappa shape index (κ3) is 2.60. The summed E-state index contributed by atoms with van der Waals surface area (Å²) < 4.78 is 11.0. The van der Waals surface area contributed by atoms with Crippen molar-refractivity contribution in [1.29, 1.82) is 0 Å². The van der Waals surface area contributed by atoms with Crippen molar-refractivity contribution in [3.05, 3.63) is 39.9 Å². The molecule has 1 heterocycles. The highest BCUT2D eigenvalue weighted by atomic mass is 16.7. The average Bonchev–Trinajstić information content (AvgIpc) is 2.33. The zero-order valence-electron chi connectivity index (χ0n) is 9.41. The number of nitrogens with zero attached hydrogens (tertiary/aromatic N) is 1. The van der Waals surface area contributed by atoms with E-state index in [-0.39, 0.29) is 17.8 Å². The highest BCUT2D eigenvalue weighted by molar-refractivity contribution is 5.34. The SMILES string of the molecule is C[C@@H]1O[C@@H](c2cccc([N+](=O)[O-])c2)OC[C@H]1N. The molecular formula is C11H14N2O4. The molecule has 0 saturated carbocycles. The van der Waals surface area contributed by atoms with Gasteiger partial charge in [-0.15, -0.1) is 0 Å². The van der Waals surface area contributed by atoms with E-state index in [9.17, 15) is 10.1 Å². The van der Waals surface area contributed by atoms with Crippen LogP contribution in [0.2, 0.25) is 0 Å². The molecule has 0 bridgehead atoms. The van der Waals surface area contributed by atoms with Gasteiger partial charge in [-0.3, -0.25) is 10.1 Å². The van der Waals surface area contributed by atoms with Gasteiger partial charge in [-0.1, -0.05) is 12.1 Å². The summed E-state index contributed by atoms with van der Waals surface area (Å²) in [4.78, 5) is 10.2. The highest BCUT2D eigenvalue weighted by Gasteiger charge is 2.27. The van der Waals surface area contributed by atoms with Crippen LogP contribution in [0.1, 0.15) is 18.8 Å². The second-order valence-corrected chi connectivity index (χ2v) is 4.02. The van der Waals surface area contributed by atoms with Gasteiger partial charge in [0.25, 0.3) is 5.69 Å². The van der Waals surface area contributed by atoms with Crippen molar-refractivity contribution >= 4 is 5.69 Å². The molecule has 2 rings (SSSR count). The van der Waals surface area contributed by atoms with Crippen molar-refractivity contribution in [3.63, 3.8) is 0 Å². The van der Waals surface area contributed by atoms with Crippen LogP contribution in [-0.2, 0) is 9.47 Å². The molecule has 1 aliphatic rings. The molecule has 1 saturated heterocycles. The predicted octanol–water partition coefficient (Wildman–Crippen LogP) is 1.36. The molecule has 0 unspecified atom stereocenters. The molecule has 0 aromatic heterocycles. The van der Waals surface area contributed by atoms with Crippen molar-refractivity contribution in [2.45, 2.75) is 25.4 Å². The molecule has 1 aromatic rings. The quantitative estimate of drug-likeness (QED) is 0.620. The number of nitrogens with two attached hydrogens (primary N) is 1. The summed E-state index contributed by atoms with van der Waals surface area (Å²) in [5, 5.41) is 10.7. The first-order valence-corrected chi connectivity index (χ1v) is 5.35. The highest BCUT2D eigenvalue weighted by Crippen LogP contribution is 2.27. The molecule has 92 valence electrons. The average molecular weight is 238 g/mol. The van der Waals surface area contributed by atoms with Gasteiger partial charge >= 0.3 is 0 Å². The van der Waals surface area contributed by atoms with Crippen LogP contribution in [0, 0.1) is 10.1 Å². The van der Waals surface area contributed by atoms with Crippen molar-refractivity contribution in [3.8, 4) is 0 Å². The summed E-state index contributed by atoms with van der Waals surface area (Å²) in [6, 6.07) is 6.07. The Morgan fingerprint density at radius 3 is 2.94 bits per heavy atom. The van der Waals surface area contributed by atoms with Gasteiger partial charge in [-0.25, -0.2) is 0 Å². The summed E-state index contributed by atoms with van der Waals surface area (Å²) in [6.07, 6.45) is -0.710. The molecule has 1 fully saturated rings. The minimum Gasteiger partial charge on any atom is -0.347 e. The Kier molecular flexibility index (Phi) is 3.37. The number of benzene rings is 1. The maximum Gasteiger partial charge on any atom is 0.269 e. The van der Waals surface area contributed by atoms with Gasteiger partial charge < -0.3 is 15.2 Å². The lowest BCUT2D eigenvalue weighted by Crippen LogP contribution is -2.44. The van der Waals surface area contributed by atoms with E-state index in [2.05, 4.69) is 0 Å². The van der Waals surface area contributed by atoms with Crippen LogP contribution in [-0.4, -0.2) is 23.7 Å². The van der Waals surface area contributed by atoms with Gasteiger partial charge in [0.2, 0.25) is 0 Å². The number of nitro groups is 1. The zero-order chi connectivity index (χ0) is 12.4. The number of hydrogen-bond donors (Lipinski definition) is 1. The summed E-state index contributed by atoms with van der Waals surface area (Å²) in [5.41, 5.74) is 6.40. The first-order valence-electron chi connectivity index (χ1n) is 5.35. The predicted molar refractivity (Wildman–Crippen MR) is 60.3 cm³/mol. The van der Waals surface area contributed by atoms with Gasteiger partial charge in [0.05, 0.1) is 23.7 Å². The molecular weight excluding hydrogens is 224 g/mol. The summed E-state index contributed by atoms with van der Waals surface area (Å²) >= 11 is 0. The first kappa shape index (κ1) is 12.0. The van der Waals surface area contributed by atoms with Crippen LogP contribution in [0.4, 0.5) is 5.69 Å². The first-order chi connectivity index (χ1) is 8.08. The second-order valence-electron chi connectivity index (χ2n) is 4.02. The van der Waals surface area contributed by atoms with Gasteiger partial charge in [-0.05, 0) is 6.92 Å². The molecule has 17 heavy (non-hydrogen) atoms. The van der Waals surface area contributed by atoms with E-state index in [4.69, 9.17) is 15.2 Å². The lowest BCUT2D eigenvalue weighted by atomic mass is 10.1. The fraction of sp³-hybridized carbons (Fsp3) is 0.455. The minimum atomic E-state index is -0.579. The van der Waals surface area contributed by atoms with E-state index in [1.54, 1.807) is 12.1 Å². The lowest BCUT2D eigenvalue weighted by Gasteiger charge is -2.32. The normalized spacial score (nSPS) is 28.9. The van der Waals surface area contributed by atoms with Gasteiger partial charge in [-0.2, -0.15) is 0 Å². The molecule has 0 amide bonds. The van der Waals surface area contributed by atoms with Crippen molar-refractivity contribution in [2.75, 3.05) is 6.61 Å². The van der Waals surface area contributed by atoms with Crippen LogP contribution in [0.5, 0.6) is 0 Å². The molecule has 2 N–H and O–H groups in total. The Morgan fingerprint density at radius 2 is 2.29 bits per heavy atom. The van der Waals surface area contributed by atoms with Crippen molar-refractivity contribution in [1.82, 2.24) is 0 Å². The van der Waals surface area contributed by atoms with E-state index < -0.39 is 11.2 Å². The Labute approximate surface area is 98.5 Å². The Morgan fingerprint density at radius 1 is 1.53 bits per heavy atom. The number of ether oxygens (including phenoxy) is 2. The van der Waals surface area contributed by atoms with E-state index in [0.717, 1.165) is 0 Å². The minimum absolute atomic E-state index is 0.0252. The molecule has 0 spiro atoms. The molecule has 1 aromatic carbocycles. The molecule has 1 aliphatic heterocycles. The number of non-ortho nitro benzene ring substituents is 1. The van der Waals surface area contributed by atoms with Gasteiger partial charge in [0, 0.05) is 17.7 Å². The van der Waals surface area contributed by atoms with Crippen LogP contribution in [0.3, 0.4) is 0 Å². The number of nitro benzene ring substituents is 1. The largest absolute Gasteiger partial charge is 0.347 e. The molecule has 0 radical (unpaired) electrons. The number of hydrogen-bond acceptors (Lipinski definition) is 5. The van der Waals surface area contributed by atoms with Crippen LogP contribution >= 0.6 is 0 Å². The van der Waals surface area contributed by atoms with E-state index >= 15 is 0 Å². The Balaban J connectivity index is 2.17. The topological polar surface area (TPSA) is 87.6 Å². The summed E-state index contributed by atoms with van der Waals surface area (Å²) in [6.45, 7) is 2.24. The monoisotopic (exact) mass is 238 g/mol. The molecule has 6 heteroatoms. The maximum atomic E-state index is 10.7. The summed E-state index contributed by atoms with van der Waals surface area (Å²) in [7, 11) is 0. The molecule has 3 atom stereocenters. The van der Waals surface area contributed by atoms with Gasteiger partial charge in [0.15, 0.2) is 6.29 Å². The Hall–Kier alpha value is -1.50. The maximum absolute atomic E-state index is 10.7. The smallest absolute Gasteiger partial charge is 0.269 e. The van der Waals surface area contributed by atoms with Gasteiger partial charge in [0.1, 0.15) is 0 Å². The third-order valence-electron chi connectivity index (χ3n) is 2.73. The fourth-order valence-corrected chi connectivity index (χ4v) is 1.63. The van der Waals surface area contributed by atoms with Crippen LogP contribution < -0.4 is 5.73 Å². The van der Waals surface area contributed by atoms with Crippen LogP contribution in [0.25, 0.3) is 0 Å². The van der Waals surface area contributed by atoms with E-state index in [1.807, 2.05) is 6.92 Å². The van der Waals surface area contributed by atoms with Crippen LogP contribution in [0.15, 0.2) is 24.3 Å².